The number of nitrogens with zero attached hydrogens (tertiary/aromatic N) is 6. The van der Waals surface area contributed by atoms with Gasteiger partial charge < -0.3 is 15.0 Å². The summed E-state index contributed by atoms with van der Waals surface area (Å²) in [5, 5.41) is 18.5. The molecule has 5 aromatic rings. The van der Waals surface area contributed by atoms with Gasteiger partial charge in [-0.25, -0.2) is 19.5 Å². The van der Waals surface area contributed by atoms with Crippen LogP contribution in [0.25, 0.3) is 28.2 Å². The van der Waals surface area contributed by atoms with E-state index >= 15 is 0 Å². The average molecular weight is 472 g/mol. The standard InChI is InChI=1S/C25H22ClN7O/c1-15(2)19-10-20(25-30-21(12-33(25)31-19)17-6-4-5-7-18(17)26)28-24-9-8-23(22(13-34)29-24)32-11-16(3)27-14-32/h4-12,14,34H,1,13H2,2-3H3,(H,28,29). The van der Waals surface area contributed by atoms with E-state index in [2.05, 4.69) is 27.0 Å². The number of aryl methyl sites for hydroxylation is 1. The number of nitrogens with one attached hydrogen (secondary N) is 1. The van der Waals surface area contributed by atoms with E-state index in [1.54, 1.807) is 10.8 Å². The first-order chi connectivity index (χ1) is 16.4. The van der Waals surface area contributed by atoms with Crippen LogP contribution in [0, 0.1) is 6.92 Å². The molecule has 170 valence electrons. The van der Waals surface area contributed by atoms with Crippen LogP contribution in [-0.2, 0) is 6.61 Å². The first-order valence-electron chi connectivity index (χ1n) is 10.6. The highest BCUT2D eigenvalue weighted by Crippen LogP contribution is 2.30. The minimum Gasteiger partial charge on any atom is -0.390 e. The Kier molecular flexibility index (Phi) is 5.61. The van der Waals surface area contributed by atoms with Crippen molar-refractivity contribution < 1.29 is 5.11 Å². The summed E-state index contributed by atoms with van der Waals surface area (Å²) in [7, 11) is 0. The van der Waals surface area contributed by atoms with Gasteiger partial charge in [0.05, 0.1) is 58.3 Å². The summed E-state index contributed by atoms with van der Waals surface area (Å²) in [6, 6.07) is 13.2. The number of aliphatic hydroxyl groups excluding tert-OH is 1. The van der Waals surface area contributed by atoms with Gasteiger partial charge in [0.1, 0.15) is 5.82 Å². The summed E-state index contributed by atoms with van der Waals surface area (Å²) in [5.41, 5.74) is 6.53. The highest BCUT2D eigenvalue weighted by Gasteiger charge is 2.15. The average Bonchev–Trinajstić information content (AvgIpc) is 3.45. The van der Waals surface area contributed by atoms with E-state index in [0.29, 0.717) is 39.3 Å². The lowest BCUT2D eigenvalue weighted by Crippen LogP contribution is -2.05. The minimum absolute atomic E-state index is 0.217. The molecule has 0 fully saturated rings. The van der Waals surface area contributed by atoms with E-state index in [1.807, 2.05) is 73.3 Å². The van der Waals surface area contributed by atoms with Gasteiger partial charge >= 0.3 is 0 Å². The lowest BCUT2D eigenvalue weighted by Gasteiger charge is -2.12. The molecular weight excluding hydrogens is 450 g/mol. The zero-order valence-electron chi connectivity index (χ0n) is 18.7. The second-order valence-electron chi connectivity index (χ2n) is 7.97. The van der Waals surface area contributed by atoms with Crippen LogP contribution in [0.2, 0.25) is 5.02 Å². The largest absolute Gasteiger partial charge is 0.390 e. The summed E-state index contributed by atoms with van der Waals surface area (Å²) in [6.07, 6.45) is 5.42. The van der Waals surface area contributed by atoms with E-state index < -0.39 is 0 Å². The number of hydrogen-bond donors (Lipinski definition) is 2. The Labute approximate surface area is 201 Å². The Morgan fingerprint density at radius 3 is 2.68 bits per heavy atom. The van der Waals surface area contributed by atoms with Crippen LogP contribution in [0.3, 0.4) is 0 Å². The Morgan fingerprint density at radius 2 is 1.97 bits per heavy atom. The van der Waals surface area contributed by atoms with Gasteiger partial charge in [0, 0.05) is 11.8 Å². The van der Waals surface area contributed by atoms with Crippen molar-refractivity contribution >= 4 is 34.3 Å². The predicted molar refractivity (Wildman–Crippen MR) is 133 cm³/mol. The number of imidazole rings is 2. The highest BCUT2D eigenvalue weighted by molar-refractivity contribution is 6.33. The van der Waals surface area contributed by atoms with E-state index in [1.165, 1.54) is 0 Å². The van der Waals surface area contributed by atoms with Gasteiger partial charge in [-0.1, -0.05) is 36.4 Å². The van der Waals surface area contributed by atoms with Gasteiger partial charge in [0.2, 0.25) is 0 Å². The zero-order valence-corrected chi connectivity index (χ0v) is 19.5. The fraction of sp³-hybridized carbons (Fsp3) is 0.120. The number of anilines is 2. The first kappa shape index (κ1) is 21.8. The predicted octanol–water partition coefficient (Wildman–Crippen LogP) is 5.21. The Bertz CT molecular complexity index is 1540. The second-order valence-corrected chi connectivity index (χ2v) is 8.37. The molecule has 1 aromatic carbocycles. The maximum absolute atomic E-state index is 9.95. The number of pyridine rings is 1. The van der Waals surface area contributed by atoms with Crippen LogP contribution in [0.5, 0.6) is 0 Å². The molecule has 0 atom stereocenters. The van der Waals surface area contributed by atoms with Crippen LogP contribution in [-0.4, -0.2) is 34.2 Å². The second kappa shape index (κ2) is 8.74. The van der Waals surface area contributed by atoms with E-state index in [0.717, 1.165) is 22.5 Å². The monoisotopic (exact) mass is 471 g/mol. The van der Waals surface area contributed by atoms with E-state index in [4.69, 9.17) is 16.6 Å². The lowest BCUT2D eigenvalue weighted by atomic mass is 10.2. The minimum atomic E-state index is -0.217. The number of rotatable bonds is 6. The number of halogens is 1. The van der Waals surface area contributed by atoms with Gasteiger partial charge in [0.25, 0.3) is 0 Å². The molecule has 0 spiro atoms. The number of hydrogen-bond acceptors (Lipinski definition) is 6. The smallest absolute Gasteiger partial charge is 0.177 e. The molecule has 34 heavy (non-hydrogen) atoms. The third kappa shape index (κ3) is 4.05. The van der Waals surface area contributed by atoms with Crippen molar-refractivity contribution in [3.05, 3.63) is 89.9 Å². The number of aromatic nitrogens is 6. The van der Waals surface area contributed by atoms with E-state index in [9.17, 15) is 5.11 Å². The molecule has 4 aromatic heterocycles. The van der Waals surface area contributed by atoms with Crippen molar-refractivity contribution in [1.29, 1.82) is 0 Å². The fourth-order valence-corrected chi connectivity index (χ4v) is 3.92. The zero-order chi connectivity index (χ0) is 23.8. The van der Waals surface area contributed by atoms with Crippen molar-refractivity contribution in [2.45, 2.75) is 20.5 Å². The molecule has 0 unspecified atom stereocenters. The van der Waals surface area contributed by atoms with Crippen molar-refractivity contribution in [2.75, 3.05) is 5.32 Å². The Balaban J connectivity index is 1.59. The maximum atomic E-state index is 9.95. The summed E-state index contributed by atoms with van der Waals surface area (Å²) < 4.78 is 3.55. The third-order valence-corrected chi connectivity index (χ3v) is 5.69. The SMILES string of the molecule is C=C(C)c1cc(Nc2ccc(-n3cnc(C)c3)c(CO)n2)c2nc(-c3ccccc3Cl)cn2n1. The van der Waals surface area contributed by atoms with E-state index in [-0.39, 0.29) is 6.61 Å². The Hall–Kier alpha value is -4.01. The topological polar surface area (TPSA) is 93.2 Å². The van der Waals surface area contributed by atoms with Crippen LogP contribution in [0.4, 0.5) is 11.5 Å². The summed E-state index contributed by atoms with van der Waals surface area (Å²) in [4.78, 5) is 13.7. The molecule has 5 rings (SSSR count). The molecular formula is C25H22ClN7O. The number of aliphatic hydroxyl groups is 1. The molecule has 0 aliphatic carbocycles. The first-order valence-corrected chi connectivity index (χ1v) is 11.0. The van der Waals surface area contributed by atoms with Crippen molar-refractivity contribution in [3.8, 4) is 16.9 Å². The normalized spacial score (nSPS) is 11.2. The van der Waals surface area contributed by atoms with Crippen molar-refractivity contribution in [3.63, 3.8) is 0 Å². The Morgan fingerprint density at radius 1 is 1.15 bits per heavy atom. The molecule has 0 bridgehead atoms. The molecule has 0 saturated heterocycles. The van der Waals surface area contributed by atoms with Crippen molar-refractivity contribution in [1.82, 2.24) is 29.1 Å². The molecule has 0 aliphatic heterocycles. The molecule has 0 saturated carbocycles. The van der Waals surface area contributed by atoms with Crippen LogP contribution < -0.4 is 5.32 Å². The lowest BCUT2D eigenvalue weighted by molar-refractivity contribution is 0.276. The molecule has 4 heterocycles. The van der Waals surface area contributed by atoms with Crippen LogP contribution >= 0.6 is 11.6 Å². The summed E-state index contributed by atoms with van der Waals surface area (Å²) >= 11 is 6.40. The van der Waals surface area contributed by atoms with Gasteiger partial charge in [-0.3, -0.25) is 0 Å². The number of benzene rings is 1. The van der Waals surface area contributed by atoms with Gasteiger partial charge in [0.15, 0.2) is 5.65 Å². The van der Waals surface area contributed by atoms with Gasteiger partial charge in [-0.2, -0.15) is 5.10 Å². The van der Waals surface area contributed by atoms with Crippen LogP contribution in [0.15, 0.2) is 67.8 Å². The molecule has 0 amide bonds. The number of fused-ring (bicyclic) bond motifs is 1. The van der Waals surface area contributed by atoms with Gasteiger partial charge in [-0.15, -0.1) is 0 Å². The third-order valence-electron chi connectivity index (χ3n) is 5.36. The fourth-order valence-electron chi connectivity index (χ4n) is 3.68. The summed E-state index contributed by atoms with van der Waals surface area (Å²) in [6.45, 7) is 7.62. The number of allylic oxidation sites excluding steroid dienone is 1. The molecule has 0 aliphatic rings. The molecule has 0 radical (unpaired) electrons. The molecule has 2 N–H and O–H groups in total. The molecule has 8 nitrogen and oxygen atoms in total. The van der Waals surface area contributed by atoms with Crippen LogP contribution in [0.1, 0.15) is 24.0 Å². The molecule has 9 heteroatoms. The quantitative estimate of drug-likeness (QED) is 0.353. The van der Waals surface area contributed by atoms with Gasteiger partial charge in [-0.05, 0) is 43.7 Å². The maximum Gasteiger partial charge on any atom is 0.177 e. The van der Waals surface area contributed by atoms with Crippen molar-refractivity contribution in [2.24, 2.45) is 0 Å². The highest BCUT2D eigenvalue weighted by atomic mass is 35.5. The summed E-state index contributed by atoms with van der Waals surface area (Å²) in [5.74, 6) is 0.563.